The lowest BCUT2D eigenvalue weighted by Crippen LogP contribution is -2.14. The van der Waals surface area contributed by atoms with Gasteiger partial charge in [0.25, 0.3) is 5.91 Å². The van der Waals surface area contributed by atoms with Gasteiger partial charge in [0.2, 0.25) is 0 Å². The second kappa shape index (κ2) is 8.95. The molecule has 29 heavy (non-hydrogen) atoms. The Morgan fingerprint density at radius 1 is 1.17 bits per heavy atom. The highest BCUT2D eigenvalue weighted by Gasteiger charge is 2.17. The Morgan fingerprint density at radius 2 is 1.90 bits per heavy atom. The third-order valence-electron chi connectivity index (χ3n) is 4.45. The molecule has 7 heteroatoms. The maximum atomic E-state index is 12.6. The van der Waals surface area contributed by atoms with Gasteiger partial charge in [-0.25, -0.2) is 4.68 Å². The van der Waals surface area contributed by atoms with Gasteiger partial charge in [-0.3, -0.25) is 4.79 Å². The first-order chi connectivity index (χ1) is 13.9. The highest BCUT2D eigenvalue weighted by atomic mass is 35.5. The lowest BCUT2D eigenvalue weighted by molar-refractivity contribution is -0.112. The van der Waals surface area contributed by atoms with Crippen LogP contribution in [0.2, 0.25) is 10.2 Å². The van der Waals surface area contributed by atoms with Gasteiger partial charge in [-0.1, -0.05) is 59.6 Å². The van der Waals surface area contributed by atoms with Crippen molar-refractivity contribution in [3.8, 4) is 6.07 Å². The summed E-state index contributed by atoms with van der Waals surface area (Å²) in [5.74, 6) is -0.538. The molecule has 1 heterocycles. The van der Waals surface area contributed by atoms with E-state index in [0.717, 1.165) is 11.1 Å². The van der Waals surface area contributed by atoms with Crippen LogP contribution < -0.4 is 5.32 Å². The molecule has 1 aromatic heterocycles. The van der Waals surface area contributed by atoms with Crippen molar-refractivity contribution in [3.63, 3.8) is 0 Å². The molecular weight excluding hydrogens is 407 g/mol. The Labute approximate surface area is 179 Å². The van der Waals surface area contributed by atoms with Gasteiger partial charge in [-0.05, 0) is 43.2 Å². The first-order valence-electron chi connectivity index (χ1n) is 8.85. The second-order valence-electron chi connectivity index (χ2n) is 6.47. The summed E-state index contributed by atoms with van der Waals surface area (Å²) in [6.45, 7) is 4.07. The molecule has 0 unspecified atom stereocenters. The number of hydrogen-bond acceptors (Lipinski definition) is 3. The van der Waals surface area contributed by atoms with E-state index in [1.54, 1.807) is 36.7 Å². The number of aromatic nitrogens is 2. The molecule has 1 amide bonds. The fourth-order valence-electron chi connectivity index (χ4n) is 2.82. The third kappa shape index (κ3) is 4.68. The summed E-state index contributed by atoms with van der Waals surface area (Å²) in [6.07, 6.45) is 1.46. The molecular formula is C22H18Cl2N4O. The average molecular weight is 425 g/mol. The molecule has 3 aromatic rings. The highest BCUT2D eigenvalue weighted by molar-refractivity contribution is 6.32. The number of rotatable bonds is 5. The first kappa shape index (κ1) is 20.7. The van der Waals surface area contributed by atoms with Crippen LogP contribution in [0, 0.1) is 25.2 Å². The van der Waals surface area contributed by atoms with E-state index in [4.69, 9.17) is 23.2 Å². The normalized spacial score (nSPS) is 11.2. The summed E-state index contributed by atoms with van der Waals surface area (Å²) in [7, 11) is 0. The zero-order valence-corrected chi connectivity index (χ0v) is 17.4. The standard InChI is InChI=1S/C22H18Cl2N4O/c1-14-19(23)9-6-10-20(14)26-22(29)17(12-25)11-18-15(2)27-28(21(18)24)13-16-7-4-3-5-8-16/h3-11H,13H2,1-2H3,(H,26,29)/b17-11+. The topological polar surface area (TPSA) is 70.7 Å². The van der Waals surface area contributed by atoms with Crippen LogP contribution in [0.25, 0.3) is 6.08 Å². The van der Waals surface area contributed by atoms with E-state index in [0.29, 0.717) is 33.7 Å². The zero-order valence-electron chi connectivity index (χ0n) is 15.9. The van der Waals surface area contributed by atoms with Crippen molar-refractivity contribution in [2.45, 2.75) is 20.4 Å². The van der Waals surface area contributed by atoms with Crippen LogP contribution in [0.3, 0.4) is 0 Å². The fraction of sp³-hybridized carbons (Fsp3) is 0.136. The van der Waals surface area contributed by atoms with Gasteiger partial charge in [-0.2, -0.15) is 10.4 Å². The quantitative estimate of drug-likeness (QED) is 0.440. The van der Waals surface area contributed by atoms with Crippen molar-refractivity contribution in [3.05, 3.63) is 86.7 Å². The zero-order chi connectivity index (χ0) is 21.0. The number of nitrogens with one attached hydrogen (secondary N) is 1. The molecule has 0 bridgehead atoms. The number of carbonyl (C=O) groups excluding carboxylic acids is 1. The smallest absolute Gasteiger partial charge is 0.266 e. The third-order valence-corrected chi connectivity index (χ3v) is 5.26. The largest absolute Gasteiger partial charge is 0.321 e. The molecule has 0 fully saturated rings. The molecule has 0 aliphatic rings. The molecule has 5 nitrogen and oxygen atoms in total. The number of amides is 1. The van der Waals surface area contributed by atoms with E-state index >= 15 is 0 Å². The minimum Gasteiger partial charge on any atom is -0.321 e. The Morgan fingerprint density at radius 3 is 2.59 bits per heavy atom. The molecule has 0 aliphatic heterocycles. The van der Waals surface area contributed by atoms with Crippen LogP contribution >= 0.6 is 23.2 Å². The predicted molar refractivity (Wildman–Crippen MR) is 116 cm³/mol. The van der Waals surface area contributed by atoms with Crippen LogP contribution in [0.15, 0.2) is 54.1 Å². The van der Waals surface area contributed by atoms with Crippen molar-refractivity contribution < 1.29 is 4.79 Å². The molecule has 0 spiro atoms. The fourth-order valence-corrected chi connectivity index (χ4v) is 3.28. The van der Waals surface area contributed by atoms with E-state index in [2.05, 4.69) is 10.4 Å². The van der Waals surface area contributed by atoms with E-state index in [9.17, 15) is 10.1 Å². The summed E-state index contributed by atoms with van der Waals surface area (Å²) < 4.78 is 1.64. The van der Waals surface area contributed by atoms with Crippen molar-refractivity contribution in [1.29, 1.82) is 5.26 Å². The molecule has 1 N–H and O–H groups in total. The molecule has 0 saturated carbocycles. The summed E-state index contributed by atoms with van der Waals surface area (Å²) in [5, 5.41) is 17.6. The average Bonchev–Trinajstić information content (AvgIpc) is 2.97. The van der Waals surface area contributed by atoms with Gasteiger partial charge in [0.05, 0.1) is 12.2 Å². The van der Waals surface area contributed by atoms with Crippen LogP contribution in [-0.2, 0) is 11.3 Å². The predicted octanol–water partition coefficient (Wildman–Crippen LogP) is 5.40. The second-order valence-corrected chi connectivity index (χ2v) is 7.23. The van der Waals surface area contributed by atoms with Crippen LogP contribution in [0.1, 0.15) is 22.4 Å². The van der Waals surface area contributed by atoms with Gasteiger partial charge in [0.15, 0.2) is 0 Å². The highest BCUT2D eigenvalue weighted by Crippen LogP contribution is 2.26. The minimum atomic E-state index is -0.538. The molecule has 3 rings (SSSR count). The first-order valence-corrected chi connectivity index (χ1v) is 9.61. The molecule has 2 aromatic carbocycles. The Kier molecular flexibility index (Phi) is 6.38. The van der Waals surface area contributed by atoms with Gasteiger partial charge >= 0.3 is 0 Å². The number of aryl methyl sites for hydroxylation is 1. The van der Waals surface area contributed by atoms with Crippen molar-refractivity contribution >= 4 is 40.9 Å². The van der Waals surface area contributed by atoms with Gasteiger partial charge in [-0.15, -0.1) is 0 Å². The molecule has 146 valence electrons. The SMILES string of the molecule is Cc1nn(Cc2ccccc2)c(Cl)c1/C=C(\C#N)C(=O)Nc1cccc(Cl)c1C. The Bertz CT molecular complexity index is 1130. The van der Waals surface area contributed by atoms with Gasteiger partial charge in [0.1, 0.15) is 16.8 Å². The maximum Gasteiger partial charge on any atom is 0.266 e. The Hall–Kier alpha value is -3.07. The van der Waals surface area contributed by atoms with Gasteiger partial charge in [0, 0.05) is 16.3 Å². The molecule has 0 atom stereocenters. The molecule has 0 saturated heterocycles. The summed E-state index contributed by atoms with van der Waals surface area (Å²) in [4.78, 5) is 12.6. The van der Waals surface area contributed by atoms with Crippen molar-refractivity contribution in [2.24, 2.45) is 0 Å². The van der Waals surface area contributed by atoms with E-state index in [1.165, 1.54) is 6.08 Å². The van der Waals surface area contributed by atoms with E-state index < -0.39 is 5.91 Å². The number of halogens is 2. The van der Waals surface area contributed by atoms with Crippen LogP contribution in [0.4, 0.5) is 5.69 Å². The number of carbonyl (C=O) groups is 1. The van der Waals surface area contributed by atoms with Crippen molar-refractivity contribution in [1.82, 2.24) is 9.78 Å². The maximum absolute atomic E-state index is 12.6. The Balaban J connectivity index is 1.88. The van der Waals surface area contributed by atoms with Crippen LogP contribution in [0.5, 0.6) is 0 Å². The summed E-state index contributed by atoms with van der Waals surface area (Å²) in [6, 6.07) is 16.9. The van der Waals surface area contributed by atoms with E-state index in [-0.39, 0.29) is 5.57 Å². The number of benzene rings is 2. The van der Waals surface area contributed by atoms with E-state index in [1.807, 2.05) is 36.4 Å². The monoisotopic (exact) mass is 424 g/mol. The molecule has 0 radical (unpaired) electrons. The number of nitriles is 1. The van der Waals surface area contributed by atoms with Crippen LogP contribution in [-0.4, -0.2) is 15.7 Å². The lowest BCUT2D eigenvalue weighted by atomic mass is 10.1. The lowest BCUT2D eigenvalue weighted by Gasteiger charge is -2.09. The summed E-state index contributed by atoms with van der Waals surface area (Å²) >= 11 is 12.6. The van der Waals surface area contributed by atoms with Crippen molar-refractivity contribution in [2.75, 3.05) is 5.32 Å². The van der Waals surface area contributed by atoms with Gasteiger partial charge < -0.3 is 5.32 Å². The minimum absolute atomic E-state index is 0.0753. The summed E-state index contributed by atoms with van der Waals surface area (Å²) in [5.41, 5.74) is 3.41. The number of anilines is 1. The molecule has 0 aliphatic carbocycles. The number of hydrogen-bond donors (Lipinski definition) is 1. The number of nitrogens with zero attached hydrogens (tertiary/aromatic N) is 3.